The molecule has 1 saturated heterocycles. The summed E-state index contributed by atoms with van der Waals surface area (Å²) < 4.78 is 6.11. The highest BCUT2D eigenvalue weighted by molar-refractivity contribution is 8.26. The number of hydrogen-bond acceptors (Lipinski definition) is 6. The first-order valence-electron chi connectivity index (χ1n) is 11.8. The Bertz CT molecular complexity index is 1610. The van der Waals surface area contributed by atoms with Crippen molar-refractivity contribution in [2.24, 2.45) is 0 Å². The van der Waals surface area contributed by atoms with Gasteiger partial charge in [0.2, 0.25) is 0 Å². The zero-order chi connectivity index (χ0) is 27.5. The highest BCUT2D eigenvalue weighted by Gasteiger charge is 2.40. The molecule has 0 spiro atoms. The van der Waals surface area contributed by atoms with Gasteiger partial charge in [-0.2, -0.15) is 0 Å². The molecule has 3 aromatic carbocycles. The summed E-state index contributed by atoms with van der Waals surface area (Å²) in [6.45, 7) is 0.368. The number of nitrogens with zero attached hydrogens (tertiary/aromatic N) is 2. The van der Waals surface area contributed by atoms with Crippen LogP contribution in [0.5, 0.6) is 5.75 Å². The topological polar surface area (TPSA) is 79.7 Å². The summed E-state index contributed by atoms with van der Waals surface area (Å²) in [6.07, 6.45) is 1.73. The normalized spacial score (nSPS) is 15.2. The Hall–Kier alpha value is -3.43. The largest absolute Gasteiger partial charge is 0.489 e. The molecule has 1 N–H and O–H groups in total. The van der Waals surface area contributed by atoms with E-state index in [4.69, 9.17) is 40.2 Å². The number of halogens is 2. The van der Waals surface area contributed by atoms with Crippen LogP contribution in [0.2, 0.25) is 10.2 Å². The number of aliphatic carboxylic acids is 1. The summed E-state index contributed by atoms with van der Waals surface area (Å²) in [5, 5.41) is 11.5. The number of fused-ring (bicyclic) bond motifs is 1. The molecular weight excluding hydrogens is 575 g/mol. The van der Waals surface area contributed by atoms with Crippen LogP contribution in [-0.2, 0) is 22.6 Å². The van der Waals surface area contributed by atoms with Crippen molar-refractivity contribution in [3.63, 3.8) is 0 Å². The third-order valence-electron chi connectivity index (χ3n) is 6.06. The third kappa shape index (κ3) is 6.25. The lowest BCUT2D eigenvalue weighted by Gasteiger charge is -2.23. The van der Waals surface area contributed by atoms with Gasteiger partial charge in [0, 0.05) is 22.4 Å². The highest BCUT2D eigenvalue weighted by atomic mass is 35.5. The second-order valence-corrected chi connectivity index (χ2v) is 11.2. The fourth-order valence-electron chi connectivity index (χ4n) is 4.10. The van der Waals surface area contributed by atoms with Gasteiger partial charge in [0.05, 0.1) is 10.4 Å². The van der Waals surface area contributed by atoms with Gasteiger partial charge < -0.3 is 9.84 Å². The number of amides is 1. The summed E-state index contributed by atoms with van der Waals surface area (Å²) in [5.74, 6) is -0.971. The van der Waals surface area contributed by atoms with Gasteiger partial charge in [0.1, 0.15) is 27.9 Å². The van der Waals surface area contributed by atoms with Crippen molar-refractivity contribution in [1.29, 1.82) is 0 Å². The number of hydrogen-bond donors (Lipinski definition) is 1. The molecule has 1 aromatic heterocycles. The predicted octanol–water partition coefficient (Wildman–Crippen LogP) is 7.02. The lowest BCUT2D eigenvalue weighted by molar-refractivity contribution is -0.145. The predicted molar refractivity (Wildman–Crippen MR) is 159 cm³/mol. The van der Waals surface area contributed by atoms with E-state index in [-0.39, 0.29) is 20.8 Å². The Morgan fingerprint density at radius 2 is 1.79 bits per heavy atom. The highest BCUT2D eigenvalue weighted by Crippen LogP contribution is 2.36. The summed E-state index contributed by atoms with van der Waals surface area (Å²) in [4.78, 5) is 31.3. The van der Waals surface area contributed by atoms with Gasteiger partial charge in [-0.1, -0.05) is 89.6 Å². The Labute approximate surface area is 244 Å². The molecule has 2 heterocycles. The zero-order valence-electron chi connectivity index (χ0n) is 20.2. The molecule has 39 heavy (non-hydrogen) atoms. The molecule has 0 radical (unpaired) electrons. The maximum atomic E-state index is 13.3. The molecule has 1 fully saturated rings. The number of aromatic nitrogens is 1. The van der Waals surface area contributed by atoms with Crippen molar-refractivity contribution in [3.05, 3.63) is 111 Å². The smallest absolute Gasteiger partial charge is 0.327 e. The van der Waals surface area contributed by atoms with Crippen LogP contribution in [0, 0.1) is 0 Å². The van der Waals surface area contributed by atoms with Gasteiger partial charge in [-0.15, -0.1) is 0 Å². The molecule has 0 aliphatic carbocycles. The van der Waals surface area contributed by atoms with E-state index in [0.717, 1.165) is 33.2 Å². The first-order chi connectivity index (χ1) is 18.8. The molecule has 1 aliphatic rings. The number of carbonyl (C=O) groups excluding carboxylic acids is 1. The Morgan fingerprint density at radius 1 is 1.05 bits per heavy atom. The van der Waals surface area contributed by atoms with Gasteiger partial charge in [0.25, 0.3) is 5.91 Å². The van der Waals surface area contributed by atoms with E-state index in [2.05, 4.69) is 4.98 Å². The molecule has 4 aromatic rings. The molecule has 1 amide bonds. The number of carboxylic acids is 1. The van der Waals surface area contributed by atoms with Crippen LogP contribution in [0.25, 0.3) is 17.0 Å². The van der Waals surface area contributed by atoms with Gasteiger partial charge in [-0.05, 0) is 53.6 Å². The summed E-state index contributed by atoms with van der Waals surface area (Å²) >= 11 is 18.9. The van der Waals surface area contributed by atoms with E-state index in [1.807, 2.05) is 78.9 Å². The maximum absolute atomic E-state index is 13.3. The lowest BCUT2D eigenvalue weighted by atomic mass is 10.0. The van der Waals surface area contributed by atoms with E-state index in [1.54, 1.807) is 6.08 Å². The van der Waals surface area contributed by atoms with Gasteiger partial charge in [-0.3, -0.25) is 9.69 Å². The number of thiocarbonyl (C=S) groups is 1. The van der Waals surface area contributed by atoms with E-state index in [1.165, 1.54) is 0 Å². The summed E-state index contributed by atoms with van der Waals surface area (Å²) in [6, 6.07) is 22.7. The Morgan fingerprint density at radius 3 is 2.51 bits per heavy atom. The number of carbonyl (C=O) groups is 2. The fourth-order valence-corrected chi connectivity index (χ4v) is 5.78. The van der Waals surface area contributed by atoms with Crippen LogP contribution < -0.4 is 4.74 Å². The molecule has 196 valence electrons. The molecular formula is C29H20Cl2N2O4S2. The van der Waals surface area contributed by atoms with Crippen LogP contribution in [-0.4, -0.2) is 37.2 Å². The Kier molecular flexibility index (Phi) is 8.18. The monoisotopic (exact) mass is 594 g/mol. The van der Waals surface area contributed by atoms with E-state index < -0.39 is 17.9 Å². The number of carboxylic acid groups (broad SMARTS) is 1. The minimum Gasteiger partial charge on any atom is -0.489 e. The van der Waals surface area contributed by atoms with Crippen molar-refractivity contribution in [3.8, 4) is 5.75 Å². The molecule has 1 aliphatic heterocycles. The van der Waals surface area contributed by atoms with Crippen LogP contribution in [0.15, 0.2) is 83.8 Å². The SMILES string of the molecule is O=C(O)[C@H](Cc1ccccc1)N1C(=O)/C(=C/c2cc3cc(OCc4ccc(Cl)cc4)ccc3nc2Cl)SC1=S. The van der Waals surface area contributed by atoms with Gasteiger partial charge >= 0.3 is 5.97 Å². The number of rotatable bonds is 8. The van der Waals surface area contributed by atoms with Crippen molar-refractivity contribution in [1.82, 2.24) is 9.88 Å². The molecule has 1 atom stereocenters. The van der Waals surface area contributed by atoms with E-state index in [9.17, 15) is 14.7 Å². The van der Waals surface area contributed by atoms with Crippen molar-refractivity contribution >= 4 is 80.4 Å². The van der Waals surface area contributed by atoms with Crippen LogP contribution in [0.4, 0.5) is 0 Å². The average Bonchev–Trinajstić information content (AvgIpc) is 3.20. The van der Waals surface area contributed by atoms with Crippen molar-refractivity contribution < 1.29 is 19.4 Å². The second-order valence-electron chi connectivity index (χ2n) is 8.73. The molecule has 10 heteroatoms. The number of thioether (sulfide) groups is 1. The second kappa shape index (κ2) is 11.8. The first-order valence-corrected chi connectivity index (χ1v) is 13.8. The van der Waals surface area contributed by atoms with Gasteiger partial charge in [-0.25, -0.2) is 9.78 Å². The van der Waals surface area contributed by atoms with Gasteiger partial charge in [0.15, 0.2) is 0 Å². The Balaban J connectivity index is 1.39. The molecule has 5 rings (SSSR count). The quantitative estimate of drug-likeness (QED) is 0.133. The number of benzene rings is 3. The number of pyridine rings is 1. The first kappa shape index (κ1) is 27.1. The molecule has 6 nitrogen and oxygen atoms in total. The third-order valence-corrected chi connectivity index (χ3v) is 7.95. The van der Waals surface area contributed by atoms with E-state index in [0.29, 0.717) is 28.5 Å². The van der Waals surface area contributed by atoms with Crippen LogP contribution in [0.3, 0.4) is 0 Å². The lowest BCUT2D eigenvalue weighted by Crippen LogP contribution is -2.45. The maximum Gasteiger partial charge on any atom is 0.327 e. The molecule has 0 saturated carbocycles. The molecule has 0 bridgehead atoms. The zero-order valence-corrected chi connectivity index (χ0v) is 23.4. The standard InChI is InChI=1S/C29H20Cl2N2O4S2/c30-21-8-6-18(7-9-21)16-37-22-10-11-23-19(14-22)13-20(26(31)32-23)15-25-27(34)33(29(38)39-25)24(28(35)36)12-17-4-2-1-3-5-17/h1-11,13-15,24H,12,16H2,(H,35,36)/b25-15-/t24-/m0/s1. The average molecular weight is 596 g/mol. The van der Waals surface area contributed by atoms with Crippen molar-refractivity contribution in [2.45, 2.75) is 19.1 Å². The van der Waals surface area contributed by atoms with Crippen molar-refractivity contribution in [2.75, 3.05) is 0 Å². The van der Waals surface area contributed by atoms with E-state index >= 15 is 0 Å². The number of ether oxygens (including phenoxy) is 1. The summed E-state index contributed by atoms with van der Waals surface area (Å²) in [5.41, 5.74) is 2.94. The van der Waals surface area contributed by atoms with Crippen LogP contribution in [0.1, 0.15) is 16.7 Å². The minimum absolute atomic E-state index is 0.132. The summed E-state index contributed by atoms with van der Waals surface area (Å²) in [7, 11) is 0. The van der Waals surface area contributed by atoms with Crippen LogP contribution >= 0.6 is 47.2 Å². The fraction of sp³-hybridized carbons (Fsp3) is 0.103. The minimum atomic E-state index is -1.13. The molecule has 0 unspecified atom stereocenters.